The van der Waals surface area contributed by atoms with Gasteiger partial charge in [-0.05, 0) is 44.1 Å². The number of carbonyl (C=O) groups is 1. The smallest absolute Gasteiger partial charge is 0.259 e. The van der Waals surface area contributed by atoms with E-state index >= 15 is 0 Å². The first-order valence-corrected chi connectivity index (χ1v) is 9.48. The molecule has 0 unspecified atom stereocenters. The van der Waals surface area contributed by atoms with Crippen molar-refractivity contribution in [2.75, 3.05) is 13.1 Å². The first-order valence-electron chi connectivity index (χ1n) is 9.48. The Balaban J connectivity index is 1.69. The Morgan fingerprint density at radius 3 is 2.38 bits per heavy atom. The fraction of sp³-hybridized carbons (Fsp3) is 0.632. The summed E-state index contributed by atoms with van der Waals surface area (Å²) in [6.45, 7) is 1.72. The number of hydrogen-bond donors (Lipinski definition) is 0. The lowest BCUT2D eigenvalue weighted by Crippen LogP contribution is -2.31. The zero-order valence-electron chi connectivity index (χ0n) is 14.3. The van der Waals surface area contributed by atoms with Crippen LogP contribution in [0.4, 0.5) is 0 Å². The molecular weight excluding hydrogens is 300 g/mol. The van der Waals surface area contributed by atoms with Crippen molar-refractivity contribution in [1.29, 1.82) is 0 Å². The number of rotatable bonds is 1. The zero-order chi connectivity index (χ0) is 16.4. The van der Waals surface area contributed by atoms with Crippen LogP contribution in [0.15, 0.2) is 12.4 Å². The third-order valence-corrected chi connectivity index (χ3v) is 5.45. The molecule has 5 heteroatoms. The van der Waals surface area contributed by atoms with Gasteiger partial charge in [0.25, 0.3) is 5.91 Å². The summed E-state index contributed by atoms with van der Waals surface area (Å²) in [6.07, 6.45) is 15.5. The zero-order valence-corrected chi connectivity index (χ0v) is 14.3. The van der Waals surface area contributed by atoms with Gasteiger partial charge in [0.05, 0.1) is 6.20 Å². The maximum Gasteiger partial charge on any atom is 0.259 e. The van der Waals surface area contributed by atoms with E-state index in [2.05, 4.69) is 10.1 Å². The highest BCUT2D eigenvalue weighted by Crippen LogP contribution is 2.22. The lowest BCUT2D eigenvalue weighted by Gasteiger charge is -2.19. The van der Waals surface area contributed by atoms with Crippen LogP contribution in [0, 0.1) is 0 Å². The molecule has 2 aromatic rings. The number of aromatic nitrogens is 3. The topological polar surface area (TPSA) is 50.5 Å². The van der Waals surface area contributed by atoms with Gasteiger partial charge < -0.3 is 4.90 Å². The standard InChI is InChI=1S/C19H26N4O/c24-19(22-11-7-3-4-8-12-22)16-14-21-23-17-10-6-2-1-5-9-15(17)13-20-18(16)23/h13-14H,1-12H2. The first kappa shape index (κ1) is 15.6. The Kier molecular flexibility index (Phi) is 4.50. The summed E-state index contributed by atoms with van der Waals surface area (Å²) < 4.78 is 1.94. The molecule has 0 radical (unpaired) electrons. The normalized spacial score (nSPS) is 19.4. The fourth-order valence-electron chi connectivity index (χ4n) is 4.05. The molecule has 1 aliphatic heterocycles. The number of nitrogens with zero attached hydrogens (tertiary/aromatic N) is 4. The van der Waals surface area contributed by atoms with E-state index in [-0.39, 0.29) is 5.91 Å². The van der Waals surface area contributed by atoms with Crippen molar-refractivity contribution in [3.8, 4) is 0 Å². The van der Waals surface area contributed by atoms with E-state index in [1.807, 2.05) is 15.6 Å². The predicted molar refractivity (Wildman–Crippen MR) is 93.2 cm³/mol. The van der Waals surface area contributed by atoms with E-state index in [0.717, 1.165) is 44.4 Å². The van der Waals surface area contributed by atoms with Crippen LogP contribution in [0.5, 0.6) is 0 Å². The van der Waals surface area contributed by atoms with Crippen LogP contribution in [0.2, 0.25) is 0 Å². The number of hydrogen-bond acceptors (Lipinski definition) is 3. The molecule has 0 atom stereocenters. The van der Waals surface area contributed by atoms with E-state index in [1.54, 1.807) is 6.20 Å². The number of fused-ring (bicyclic) bond motifs is 3. The number of likely N-dealkylation sites (tertiary alicyclic amines) is 1. The molecular formula is C19H26N4O. The second-order valence-electron chi connectivity index (χ2n) is 7.14. The summed E-state index contributed by atoms with van der Waals surface area (Å²) in [5.41, 5.74) is 3.97. The molecule has 0 spiro atoms. The van der Waals surface area contributed by atoms with Crippen molar-refractivity contribution in [3.63, 3.8) is 0 Å². The minimum absolute atomic E-state index is 0.102. The highest BCUT2D eigenvalue weighted by atomic mass is 16.2. The summed E-state index contributed by atoms with van der Waals surface area (Å²) in [4.78, 5) is 19.6. The van der Waals surface area contributed by atoms with Gasteiger partial charge in [-0.3, -0.25) is 4.79 Å². The van der Waals surface area contributed by atoms with Crippen LogP contribution in [0.25, 0.3) is 5.65 Å². The van der Waals surface area contributed by atoms with Crippen LogP contribution in [-0.4, -0.2) is 38.5 Å². The average molecular weight is 326 g/mol. The highest BCUT2D eigenvalue weighted by Gasteiger charge is 2.23. The van der Waals surface area contributed by atoms with Crippen molar-refractivity contribution < 1.29 is 4.79 Å². The molecule has 4 rings (SSSR count). The van der Waals surface area contributed by atoms with E-state index in [1.165, 1.54) is 49.8 Å². The molecule has 1 amide bonds. The minimum Gasteiger partial charge on any atom is -0.338 e. The van der Waals surface area contributed by atoms with Crippen molar-refractivity contribution in [2.45, 2.75) is 64.2 Å². The Labute approximate surface area is 143 Å². The van der Waals surface area contributed by atoms with Gasteiger partial charge in [0.15, 0.2) is 5.65 Å². The van der Waals surface area contributed by atoms with Gasteiger partial charge in [0.2, 0.25) is 0 Å². The molecule has 0 bridgehead atoms. The van der Waals surface area contributed by atoms with Crippen molar-refractivity contribution >= 4 is 11.6 Å². The molecule has 24 heavy (non-hydrogen) atoms. The molecule has 0 N–H and O–H groups in total. The number of carbonyl (C=O) groups excluding carboxylic acids is 1. The predicted octanol–water partition coefficient (Wildman–Crippen LogP) is 3.40. The summed E-state index contributed by atoms with van der Waals surface area (Å²) in [5, 5.41) is 4.55. The van der Waals surface area contributed by atoms with Gasteiger partial charge in [-0.15, -0.1) is 0 Å². The van der Waals surface area contributed by atoms with Crippen molar-refractivity contribution in [2.24, 2.45) is 0 Å². The summed E-state index contributed by atoms with van der Waals surface area (Å²) >= 11 is 0. The first-order chi connectivity index (χ1) is 11.8. The van der Waals surface area contributed by atoms with Crippen LogP contribution in [0.1, 0.15) is 73.0 Å². The van der Waals surface area contributed by atoms with E-state index in [0.29, 0.717) is 5.56 Å². The van der Waals surface area contributed by atoms with Gasteiger partial charge in [-0.2, -0.15) is 5.10 Å². The molecule has 0 saturated carbocycles. The van der Waals surface area contributed by atoms with Crippen molar-refractivity contribution in [3.05, 3.63) is 29.2 Å². The lowest BCUT2D eigenvalue weighted by atomic mass is 9.98. The van der Waals surface area contributed by atoms with Gasteiger partial charge in [-0.1, -0.05) is 25.7 Å². The fourth-order valence-corrected chi connectivity index (χ4v) is 4.05. The highest BCUT2D eigenvalue weighted by molar-refractivity contribution is 5.99. The average Bonchev–Trinajstić information content (AvgIpc) is 2.81. The Hall–Kier alpha value is -1.91. The van der Waals surface area contributed by atoms with Crippen LogP contribution < -0.4 is 0 Å². The van der Waals surface area contributed by atoms with Gasteiger partial charge >= 0.3 is 0 Å². The number of aryl methyl sites for hydroxylation is 2. The molecule has 1 saturated heterocycles. The quantitative estimate of drug-likeness (QED) is 0.807. The van der Waals surface area contributed by atoms with Crippen molar-refractivity contribution in [1.82, 2.24) is 19.5 Å². The van der Waals surface area contributed by atoms with E-state index < -0.39 is 0 Å². The summed E-state index contributed by atoms with van der Waals surface area (Å²) in [6, 6.07) is 0. The minimum atomic E-state index is 0.102. The summed E-state index contributed by atoms with van der Waals surface area (Å²) in [5.74, 6) is 0.102. The van der Waals surface area contributed by atoms with Gasteiger partial charge in [-0.25, -0.2) is 9.50 Å². The lowest BCUT2D eigenvalue weighted by molar-refractivity contribution is 0.0763. The Morgan fingerprint density at radius 2 is 1.58 bits per heavy atom. The third-order valence-electron chi connectivity index (χ3n) is 5.45. The molecule has 2 aliphatic rings. The molecule has 3 heterocycles. The molecule has 0 aromatic carbocycles. The second kappa shape index (κ2) is 6.91. The SMILES string of the molecule is O=C(c1cnn2c3c(cnc12)CCCCCC3)N1CCCCCC1. The Morgan fingerprint density at radius 1 is 0.875 bits per heavy atom. The van der Waals surface area contributed by atoms with Crippen LogP contribution in [0.3, 0.4) is 0 Å². The molecule has 128 valence electrons. The molecule has 1 fully saturated rings. The molecule has 5 nitrogen and oxygen atoms in total. The second-order valence-corrected chi connectivity index (χ2v) is 7.14. The largest absolute Gasteiger partial charge is 0.338 e. The van der Waals surface area contributed by atoms with Gasteiger partial charge in [0, 0.05) is 25.0 Å². The number of amides is 1. The van der Waals surface area contributed by atoms with E-state index in [4.69, 9.17) is 0 Å². The molecule has 2 aromatic heterocycles. The van der Waals surface area contributed by atoms with Gasteiger partial charge in [0.1, 0.15) is 5.56 Å². The Bertz CT molecular complexity index is 728. The van der Waals surface area contributed by atoms with Crippen LogP contribution in [-0.2, 0) is 12.8 Å². The molecule has 1 aliphatic carbocycles. The third kappa shape index (κ3) is 2.92. The monoisotopic (exact) mass is 326 g/mol. The maximum absolute atomic E-state index is 13.0. The van der Waals surface area contributed by atoms with Crippen LogP contribution >= 0.6 is 0 Å². The summed E-state index contributed by atoms with van der Waals surface area (Å²) in [7, 11) is 0. The van der Waals surface area contributed by atoms with E-state index in [9.17, 15) is 4.79 Å². The maximum atomic E-state index is 13.0.